The first-order valence-electron chi connectivity index (χ1n) is 5.98. The standard InChI is InChI=1S/C15H11BrN2O2/c16-11-8-10(5-6-12(11)17)18-15(19)14-7-9-3-1-2-4-13(9)20-14/h1-8H,17H2,(H,18,19). The van der Waals surface area contributed by atoms with E-state index >= 15 is 0 Å². The van der Waals surface area contributed by atoms with Gasteiger partial charge in [-0.05, 0) is 46.3 Å². The van der Waals surface area contributed by atoms with Crippen LogP contribution in [0.4, 0.5) is 11.4 Å². The van der Waals surface area contributed by atoms with Crippen LogP contribution in [0.5, 0.6) is 0 Å². The summed E-state index contributed by atoms with van der Waals surface area (Å²) in [6.07, 6.45) is 0. The zero-order valence-electron chi connectivity index (χ0n) is 10.4. The minimum absolute atomic E-state index is 0.277. The molecule has 3 aromatic rings. The Balaban J connectivity index is 1.86. The fourth-order valence-electron chi connectivity index (χ4n) is 1.89. The second kappa shape index (κ2) is 5.02. The van der Waals surface area contributed by atoms with Crippen molar-refractivity contribution in [1.82, 2.24) is 0 Å². The lowest BCUT2D eigenvalue weighted by molar-refractivity contribution is 0.0998. The molecular weight excluding hydrogens is 320 g/mol. The number of halogens is 1. The van der Waals surface area contributed by atoms with Gasteiger partial charge in [0.25, 0.3) is 5.91 Å². The maximum Gasteiger partial charge on any atom is 0.291 e. The molecule has 0 saturated carbocycles. The summed E-state index contributed by atoms with van der Waals surface area (Å²) in [5.74, 6) is -0.0166. The number of anilines is 2. The van der Waals surface area contributed by atoms with Crippen LogP contribution in [-0.4, -0.2) is 5.91 Å². The van der Waals surface area contributed by atoms with Gasteiger partial charge in [0, 0.05) is 21.2 Å². The minimum atomic E-state index is -0.294. The molecule has 100 valence electrons. The summed E-state index contributed by atoms with van der Waals surface area (Å²) in [5, 5.41) is 3.67. The van der Waals surface area contributed by atoms with Crippen molar-refractivity contribution in [1.29, 1.82) is 0 Å². The predicted octanol–water partition coefficient (Wildman–Crippen LogP) is 4.03. The van der Waals surface area contributed by atoms with E-state index in [0.717, 1.165) is 9.86 Å². The monoisotopic (exact) mass is 330 g/mol. The van der Waals surface area contributed by atoms with Crippen LogP contribution in [0.2, 0.25) is 0 Å². The van der Waals surface area contributed by atoms with Gasteiger partial charge in [0.05, 0.1) is 0 Å². The molecule has 4 nitrogen and oxygen atoms in total. The van der Waals surface area contributed by atoms with E-state index in [-0.39, 0.29) is 11.7 Å². The summed E-state index contributed by atoms with van der Waals surface area (Å²) < 4.78 is 6.24. The Morgan fingerprint density at radius 2 is 1.95 bits per heavy atom. The summed E-state index contributed by atoms with van der Waals surface area (Å²) in [4.78, 5) is 12.1. The van der Waals surface area contributed by atoms with E-state index < -0.39 is 0 Å². The summed E-state index contributed by atoms with van der Waals surface area (Å²) in [6, 6.07) is 14.4. The van der Waals surface area contributed by atoms with E-state index in [1.807, 2.05) is 24.3 Å². The lowest BCUT2D eigenvalue weighted by atomic mass is 10.2. The summed E-state index contributed by atoms with van der Waals surface area (Å²) >= 11 is 3.32. The lowest BCUT2D eigenvalue weighted by Crippen LogP contribution is -2.10. The predicted molar refractivity (Wildman–Crippen MR) is 82.7 cm³/mol. The summed E-state index contributed by atoms with van der Waals surface area (Å²) in [5.41, 5.74) is 7.66. The van der Waals surface area contributed by atoms with Crippen molar-refractivity contribution < 1.29 is 9.21 Å². The largest absolute Gasteiger partial charge is 0.451 e. The Kier molecular flexibility index (Phi) is 3.20. The molecule has 1 heterocycles. The van der Waals surface area contributed by atoms with E-state index in [9.17, 15) is 4.79 Å². The number of nitrogens with two attached hydrogens (primary N) is 1. The van der Waals surface area contributed by atoms with Crippen LogP contribution in [0.15, 0.2) is 57.4 Å². The maximum absolute atomic E-state index is 12.1. The van der Waals surface area contributed by atoms with E-state index in [1.165, 1.54) is 0 Å². The Morgan fingerprint density at radius 3 is 2.70 bits per heavy atom. The molecule has 0 radical (unpaired) electrons. The summed E-state index contributed by atoms with van der Waals surface area (Å²) in [7, 11) is 0. The lowest BCUT2D eigenvalue weighted by Gasteiger charge is -2.05. The van der Waals surface area contributed by atoms with Gasteiger partial charge in [0.2, 0.25) is 0 Å². The number of fused-ring (bicyclic) bond motifs is 1. The second-order valence-corrected chi connectivity index (χ2v) is 5.19. The van der Waals surface area contributed by atoms with Gasteiger partial charge in [-0.3, -0.25) is 4.79 Å². The zero-order chi connectivity index (χ0) is 14.1. The van der Waals surface area contributed by atoms with Crippen LogP contribution in [0.3, 0.4) is 0 Å². The van der Waals surface area contributed by atoms with Gasteiger partial charge in [0.15, 0.2) is 5.76 Å². The number of hydrogen-bond acceptors (Lipinski definition) is 3. The number of furan rings is 1. The fraction of sp³-hybridized carbons (Fsp3) is 0. The Hall–Kier alpha value is -2.27. The van der Waals surface area contributed by atoms with Crippen molar-refractivity contribution in [3.05, 3.63) is 58.8 Å². The Labute approximate surface area is 123 Å². The third kappa shape index (κ3) is 2.40. The van der Waals surface area contributed by atoms with Crippen molar-refractivity contribution in [2.45, 2.75) is 0 Å². The van der Waals surface area contributed by atoms with E-state index in [2.05, 4.69) is 21.2 Å². The highest BCUT2D eigenvalue weighted by Crippen LogP contribution is 2.24. The third-order valence-corrected chi connectivity index (χ3v) is 3.59. The van der Waals surface area contributed by atoms with Crippen molar-refractivity contribution in [2.24, 2.45) is 0 Å². The molecule has 1 aromatic heterocycles. The van der Waals surface area contributed by atoms with Crippen molar-refractivity contribution in [2.75, 3.05) is 11.1 Å². The molecule has 2 aromatic carbocycles. The molecule has 20 heavy (non-hydrogen) atoms. The molecule has 0 bridgehead atoms. The fourth-order valence-corrected chi connectivity index (χ4v) is 2.27. The van der Waals surface area contributed by atoms with Crippen LogP contribution < -0.4 is 11.1 Å². The first kappa shape index (κ1) is 12.7. The van der Waals surface area contributed by atoms with Crippen LogP contribution in [0.1, 0.15) is 10.6 Å². The number of nitrogen functional groups attached to an aromatic ring is 1. The summed E-state index contributed by atoms with van der Waals surface area (Å²) in [6.45, 7) is 0. The normalized spacial score (nSPS) is 10.7. The van der Waals surface area contributed by atoms with Gasteiger partial charge in [0.1, 0.15) is 5.58 Å². The minimum Gasteiger partial charge on any atom is -0.451 e. The van der Waals surface area contributed by atoms with E-state index in [1.54, 1.807) is 24.3 Å². The van der Waals surface area contributed by atoms with Gasteiger partial charge >= 0.3 is 0 Å². The Bertz CT molecular complexity index is 762. The molecule has 1 amide bonds. The average Bonchev–Trinajstić information content (AvgIpc) is 2.87. The molecule has 3 N–H and O–H groups in total. The van der Waals surface area contributed by atoms with Gasteiger partial charge in [-0.2, -0.15) is 0 Å². The van der Waals surface area contributed by atoms with Crippen molar-refractivity contribution in [3.8, 4) is 0 Å². The van der Waals surface area contributed by atoms with Gasteiger partial charge in [-0.15, -0.1) is 0 Å². The van der Waals surface area contributed by atoms with Crippen LogP contribution in [0, 0.1) is 0 Å². The number of carbonyl (C=O) groups is 1. The molecule has 0 fully saturated rings. The number of hydrogen-bond donors (Lipinski definition) is 2. The topological polar surface area (TPSA) is 68.3 Å². The highest BCUT2D eigenvalue weighted by atomic mass is 79.9. The number of benzene rings is 2. The van der Waals surface area contributed by atoms with Gasteiger partial charge in [-0.25, -0.2) is 0 Å². The third-order valence-electron chi connectivity index (χ3n) is 2.91. The molecular formula is C15H11BrN2O2. The molecule has 0 aliphatic heterocycles. The Morgan fingerprint density at radius 1 is 1.15 bits per heavy atom. The number of para-hydroxylation sites is 1. The molecule has 3 rings (SSSR count). The van der Waals surface area contributed by atoms with Crippen LogP contribution in [0.25, 0.3) is 11.0 Å². The molecule has 0 atom stereocenters. The first-order chi connectivity index (χ1) is 9.63. The molecule has 0 saturated heterocycles. The molecule has 0 aliphatic rings. The zero-order valence-corrected chi connectivity index (χ0v) is 12.0. The van der Waals surface area contributed by atoms with Gasteiger partial charge < -0.3 is 15.5 Å². The van der Waals surface area contributed by atoms with E-state index in [4.69, 9.17) is 10.2 Å². The average molecular weight is 331 g/mol. The van der Waals surface area contributed by atoms with Crippen molar-refractivity contribution >= 4 is 44.2 Å². The van der Waals surface area contributed by atoms with Crippen LogP contribution >= 0.6 is 15.9 Å². The molecule has 0 aliphatic carbocycles. The number of amides is 1. The number of carbonyl (C=O) groups excluding carboxylic acids is 1. The number of nitrogens with one attached hydrogen (secondary N) is 1. The quantitative estimate of drug-likeness (QED) is 0.697. The van der Waals surface area contributed by atoms with E-state index in [0.29, 0.717) is 17.0 Å². The van der Waals surface area contributed by atoms with Crippen molar-refractivity contribution in [3.63, 3.8) is 0 Å². The SMILES string of the molecule is Nc1ccc(NC(=O)c2cc3ccccc3o2)cc1Br. The molecule has 0 spiro atoms. The van der Waals surface area contributed by atoms with Gasteiger partial charge in [-0.1, -0.05) is 18.2 Å². The highest BCUT2D eigenvalue weighted by molar-refractivity contribution is 9.10. The smallest absolute Gasteiger partial charge is 0.291 e. The number of rotatable bonds is 2. The van der Waals surface area contributed by atoms with Crippen LogP contribution in [-0.2, 0) is 0 Å². The molecule has 5 heteroatoms. The highest BCUT2D eigenvalue weighted by Gasteiger charge is 2.12. The second-order valence-electron chi connectivity index (χ2n) is 4.34. The first-order valence-corrected chi connectivity index (χ1v) is 6.78. The maximum atomic E-state index is 12.1. The molecule has 0 unspecified atom stereocenters.